The van der Waals surface area contributed by atoms with E-state index < -0.39 is 6.92 Å². The first-order valence-electron chi connectivity index (χ1n) is 16.8. The smallest absolute Gasteiger partial charge is 0.346 e. The van der Waals surface area contributed by atoms with Gasteiger partial charge in [0.1, 0.15) is 0 Å². The number of hydrogen-bond acceptors (Lipinski definition) is 2. The van der Waals surface area contributed by atoms with E-state index in [1.54, 1.807) is 0 Å². The molecule has 1 atom stereocenters. The summed E-state index contributed by atoms with van der Waals surface area (Å²) in [5, 5.41) is 2.26. The molecule has 0 aliphatic carbocycles. The minimum absolute atomic E-state index is 0.244. The second kappa shape index (κ2) is 13.9. The molecule has 0 saturated heterocycles. The van der Waals surface area contributed by atoms with Crippen molar-refractivity contribution in [2.24, 2.45) is 0 Å². The van der Waals surface area contributed by atoms with Crippen molar-refractivity contribution < 1.29 is 4.76 Å². The average Bonchev–Trinajstić information content (AvgIpc) is 3.13. The van der Waals surface area contributed by atoms with Crippen LogP contribution in [0.15, 0.2) is 182 Å². The maximum atomic E-state index is 7.60. The lowest BCUT2D eigenvalue weighted by Crippen LogP contribution is -2.52. The van der Waals surface area contributed by atoms with Crippen molar-refractivity contribution in [2.45, 2.75) is 32.4 Å². The van der Waals surface area contributed by atoms with Gasteiger partial charge in [-0.25, -0.2) is 0 Å². The Hall–Kier alpha value is -5.22. The Balaban J connectivity index is 1.76. The van der Waals surface area contributed by atoms with Gasteiger partial charge in [0.2, 0.25) is 0 Å². The molecule has 0 bridgehead atoms. The standard InChI is InChI=1S/C45H40BNO/c1-45(2,3)47-44(38-30-18-8-19-31-38)42(36-26-14-6-15-27-36)40(34-22-10-4-11-23-34)41(35-24-12-5-13-25-35)43(37-28-16-7-17-29-37)46(48-47)39-32-20-9-21-33-39/h4-33,44H,1-3H3/b42-40-,43-41-/t44-/m1/s1. The van der Waals surface area contributed by atoms with Gasteiger partial charge in [-0.15, -0.1) is 0 Å². The van der Waals surface area contributed by atoms with E-state index in [9.17, 15) is 0 Å². The van der Waals surface area contributed by atoms with Crippen LogP contribution in [0.3, 0.4) is 0 Å². The first kappa shape index (κ1) is 31.4. The Bertz CT molecular complexity index is 2000. The molecular formula is C45H40BNO. The molecule has 3 heteroatoms. The number of nitrogens with zero attached hydrogens (tertiary/aromatic N) is 1. The molecule has 0 N–H and O–H groups in total. The van der Waals surface area contributed by atoms with E-state index in [1.165, 1.54) is 16.7 Å². The third-order valence-electron chi connectivity index (χ3n) is 8.95. The summed E-state index contributed by atoms with van der Waals surface area (Å²) < 4.78 is 7.60. The summed E-state index contributed by atoms with van der Waals surface area (Å²) in [6.45, 7) is 6.34. The van der Waals surface area contributed by atoms with Crippen LogP contribution in [0.4, 0.5) is 0 Å². The van der Waals surface area contributed by atoms with Gasteiger partial charge in [-0.3, -0.25) is 0 Å². The molecule has 1 aliphatic heterocycles. The van der Waals surface area contributed by atoms with Gasteiger partial charge in [0.25, 0.3) is 0 Å². The molecule has 0 radical (unpaired) electrons. The SMILES string of the molecule is CC(C)(C)N1OB(c2ccccc2)/C(c2ccccc2)=C(c2ccccc2)\C(c2ccccc2)=C(\c2ccccc2)[C@H]1c1ccccc1. The topological polar surface area (TPSA) is 12.5 Å². The monoisotopic (exact) mass is 621 g/mol. The summed E-state index contributed by atoms with van der Waals surface area (Å²) in [7, 11) is 0. The van der Waals surface area contributed by atoms with Crippen molar-refractivity contribution in [3.05, 3.63) is 210 Å². The minimum atomic E-state index is -0.412. The molecule has 0 saturated carbocycles. The largest absolute Gasteiger partial charge is 0.388 e. The van der Waals surface area contributed by atoms with E-state index in [-0.39, 0.29) is 11.6 Å². The quantitative estimate of drug-likeness (QED) is 0.172. The highest BCUT2D eigenvalue weighted by Crippen LogP contribution is 2.51. The molecule has 6 aromatic carbocycles. The van der Waals surface area contributed by atoms with Crippen LogP contribution in [0.2, 0.25) is 0 Å². The number of hydroxylamine groups is 2. The molecule has 1 aliphatic rings. The molecule has 234 valence electrons. The second-order valence-corrected chi connectivity index (χ2v) is 13.2. The number of benzene rings is 6. The van der Waals surface area contributed by atoms with Crippen LogP contribution in [-0.4, -0.2) is 17.5 Å². The third kappa shape index (κ3) is 6.36. The van der Waals surface area contributed by atoms with Crippen LogP contribution in [0.1, 0.15) is 54.6 Å². The highest BCUT2D eigenvalue weighted by Gasteiger charge is 2.43. The average molecular weight is 622 g/mol. The predicted molar refractivity (Wildman–Crippen MR) is 203 cm³/mol. The van der Waals surface area contributed by atoms with Crippen LogP contribution >= 0.6 is 0 Å². The maximum Gasteiger partial charge on any atom is 0.388 e. The Kier molecular flexibility index (Phi) is 9.07. The summed E-state index contributed by atoms with van der Waals surface area (Å²) in [6, 6.07) is 64.7. The molecule has 0 unspecified atom stereocenters. The normalized spacial score (nSPS) is 19.1. The van der Waals surface area contributed by atoms with E-state index in [2.05, 4.69) is 208 Å². The van der Waals surface area contributed by atoms with Crippen LogP contribution < -0.4 is 5.46 Å². The van der Waals surface area contributed by atoms with Gasteiger partial charge in [-0.05, 0) is 76.2 Å². The van der Waals surface area contributed by atoms with E-state index >= 15 is 0 Å². The first-order valence-corrected chi connectivity index (χ1v) is 16.8. The molecule has 0 amide bonds. The maximum absolute atomic E-state index is 7.60. The zero-order valence-electron chi connectivity index (χ0n) is 27.8. The van der Waals surface area contributed by atoms with E-state index in [0.717, 1.165) is 38.8 Å². The minimum Gasteiger partial charge on any atom is -0.346 e. The van der Waals surface area contributed by atoms with Crippen molar-refractivity contribution in [3.8, 4) is 0 Å². The van der Waals surface area contributed by atoms with E-state index in [0.29, 0.717) is 0 Å². The van der Waals surface area contributed by atoms with Crippen molar-refractivity contribution in [1.82, 2.24) is 5.06 Å². The Morgan fingerprint density at radius 1 is 0.458 bits per heavy atom. The van der Waals surface area contributed by atoms with Gasteiger partial charge >= 0.3 is 6.92 Å². The Morgan fingerprint density at radius 2 is 0.854 bits per heavy atom. The molecular weight excluding hydrogens is 581 g/mol. The van der Waals surface area contributed by atoms with Gasteiger partial charge in [0.15, 0.2) is 0 Å². The molecule has 48 heavy (non-hydrogen) atoms. The highest BCUT2D eigenvalue weighted by molar-refractivity contribution is 6.87. The number of allylic oxidation sites excluding steroid dienone is 2. The van der Waals surface area contributed by atoms with Crippen LogP contribution in [0.25, 0.3) is 22.2 Å². The van der Waals surface area contributed by atoms with Crippen molar-refractivity contribution in [2.75, 3.05) is 0 Å². The van der Waals surface area contributed by atoms with Gasteiger partial charge in [-0.1, -0.05) is 182 Å². The number of hydrogen-bond donors (Lipinski definition) is 0. The second-order valence-electron chi connectivity index (χ2n) is 13.2. The van der Waals surface area contributed by atoms with E-state index in [1.807, 2.05) is 0 Å². The summed E-state index contributed by atoms with van der Waals surface area (Å²) in [5.41, 5.74) is 11.1. The summed E-state index contributed by atoms with van der Waals surface area (Å²) in [4.78, 5) is 0. The lowest BCUT2D eigenvalue weighted by molar-refractivity contribution is -0.147. The summed E-state index contributed by atoms with van der Waals surface area (Å²) in [5.74, 6) is 0. The Morgan fingerprint density at radius 3 is 1.33 bits per heavy atom. The van der Waals surface area contributed by atoms with Crippen molar-refractivity contribution >= 4 is 34.6 Å². The van der Waals surface area contributed by atoms with Crippen LogP contribution in [-0.2, 0) is 4.76 Å². The van der Waals surface area contributed by atoms with Gasteiger partial charge in [0.05, 0.1) is 6.04 Å². The van der Waals surface area contributed by atoms with Crippen LogP contribution in [0, 0.1) is 0 Å². The molecule has 2 nitrogen and oxygen atoms in total. The molecule has 7 rings (SSSR count). The number of rotatable bonds is 6. The summed E-state index contributed by atoms with van der Waals surface area (Å²) in [6.07, 6.45) is 0. The van der Waals surface area contributed by atoms with Gasteiger partial charge in [0, 0.05) is 5.54 Å². The van der Waals surface area contributed by atoms with Crippen molar-refractivity contribution in [3.63, 3.8) is 0 Å². The van der Waals surface area contributed by atoms with E-state index in [4.69, 9.17) is 4.76 Å². The molecule has 0 fully saturated rings. The van der Waals surface area contributed by atoms with Crippen molar-refractivity contribution in [1.29, 1.82) is 0 Å². The fourth-order valence-electron chi connectivity index (χ4n) is 6.86. The molecule has 0 aromatic heterocycles. The lowest BCUT2D eigenvalue weighted by Gasteiger charge is -2.46. The van der Waals surface area contributed by atoms with Gasteiger partial charge < -0.3 is 4.76 Å². The molecule has 0 spiro atoms. The van der Waals surface area contributed by atoms with Gasteiger partial charge in [-0.2, -0.15) is 5.06 Å². The van der Waals surface area contributed by atoms with Crippen LogP contribution in [0.5, 0.6) is 0 Å². The third-order valence-corrected chi connectivity index (χ3v) is 8.95. The Labute approximate surface area is 285 Å². The molecule has 6 aromatic rings. The first-order chi connectivity index (χ1) is 23.5. The summed E-state index contributed by atoms with van der Waals surface area (Å²) >= 11 is 0. The zero-order valence-corrected chi connectivity index (χ0v) is 27.8. The fraction of sp³-hybridized carbons (Fsp3) is 0.111. The zero-order chi connectivity index (χ0) is 32.9. The fourth-order valence-corrected chi connectivity index (χ4v) is 6.86. The lowest BCUT2D eigenvalue weighted by atomic mass is 9.50. The highest BCUT2D eigenvalue weighted by atomic mass is 16.7. The predicted octanol–water partition coefficient (Wildman–Crippen LogP) is 10.4. The molecule has 1 heterocycles.